The molecule has 0 amide bonds. The Labute approximate surface area is 96.2 Å². The zero-order chi connectivity index (χ0) is 11.1. The van der Waals surface area contributed by atoms with E-state index < -0.39 is 0 Å². The third-order valence-corrected chi connectivity index (χ3v) is 2.34. The number of nitrogens with zero attached hydrogens (tertiary/aromatic N) is 1. The number of hydrogen-bond donors (Lipinski definition) is 2. The van der Waals surface area contributed by atoms with Gasteiger partial charge in [0.25, 0.3) is 0 Å². The molecule has 0 unspecified atom stereocenters. The summed E-state index contributed by atoms with van der Waals surface area (Å²) in [5.41, 5.74) is 0.906. The molecule has 3 nitrogen and oxygen atoms in total. The molecule has 4 heteroatoms. The molecule has 0 aliphatic heterocycles. The molecule has 0 radical (unpaired) electrons. The Kier molecular flexibility index (Phi) is 5.43. The van der Waals surface area contributed by atoms with Crippen LogP contribution in [0.1, 0.15) is 26.0 Å². The first-order chi connectivity index (χ1) is 7.27. The van der Waals surface area contributed by atoms with Crippen molar-refractivity contribution in [2.45, 2.75) is 26.8 Å². The third kappa shape index (κ3) is 4.06. The van der Waals surface area contributed by atoms with Crippen LogP contribution in [0.5, 0.6) is 0 Å². The number of pyridine rings is 1. The van der Waals surface area contributed by atoms with Crippen molar-refractivity contribution in [1.29, 1.82) is 0 Å². The molecule has 84 valence electrons. The van der Waals surface area contributed by atoms with Gasteiger partial charge in [0.05, 0.1) is 10.7 Å². The van der Waals surface area contributed by atoms with Gasteiger partial charge in [-0.3, -0.25) is 0 Å². The normalized spacial score (nSPS) is 10.3. The molecule has 0 saturated heterocycles. The van der Waals surface area contributed by atoms with Crippen molar-refractivity contribution >= 4 is 17.4 Å². The lowest BCUT2D eigenvalue weighted by atomic mass is 10.3. The Bertz CT molecular complexity index is 302. The van der Waals surface area contributed by atoms with Crippen molar-refractivity contribution in [3.05, 3.63) is 22.8 Å². The summed E-state index contributed by atoms with van der Waals surface area (Å²) in [6.45, 7) is 6.77. The molecule has 0 atom stereocenters. The first-order valence-corrected chi connectivity index (χ1v) is 5.75. The van der Waals surface area contributed by atoms with Gasteiger partial charge < -0.3 is 10.6 Å². The zero-order valence-electron chi connectivity index (χ0n) is 9.31. The van der Waals surface area contributed by atoms with Crippen LogP contribution in [0.3, 0.4) is 0 Å². The molecule has 0 spiro atoms. The van der Waals surface area contributed by atoms with Crippen LogP contribution in [0, 0.1) is 0 Å². The van der Waals surface area contributed by atoms with E-state index in [0.29, 0.717) is 0 Å². The maximum atomic E-state index is 6.05. The molecule has 15 heavy (non-hydrogen) atoms. The van der Waals surface area contributed by atoms with Gasteiger partial charge in [-0.2, -0.15) is 0 Å². The summed E-state index contributed by atoms with van der Waals surface area (Å²) in [4.78, 5) is 4.43. The summed E-state index contributed by atoms with van der Waals surface area (Å²) >= 11 is 6.05. The van der Waals surface area contributed by atoms with Gasteiger partial charge >= 0.3 is 0 Å². The van der Waals surface area contributed by atoms with E-state index in [-0.39, 0.29) is 0 Å². The number of hydrogen-bond acceptors (Lipinski definition) is 3. The largest absolute Gasteiger partial charge is 0.370 e. The van der Waals surface area contributed by atoms with Crippen LogP contribution in [-0.2, 0) is 6.54 Å². The highest BCUT2D eigenvalue weighted by Gasteiger charge is 2.02. The van der Waals surface area contributed by atoms with Crippen LogP contribution >= 0.6 is 11.6 Å². The van der Waals surface area contributed by atoms with Gasteiger partial charge in [-0.05, 0) is 32.0 Å². The predicted molar refractivity (Wildman–Crippen MR) is 65.4 cm³/mol. The monoisotopic (exact) mass is 227 g/mol. The SMILES string of the molecule is CCCNCc1nc(NCC)ccc1Cl. The van der Waals surface area contributed by atoms with Gasteiger partial charge in [0.2, 0.25) is 0 Å². The Morgan fingerprint density at radius 1 is 1.33 bits per heavy atom. The minimum atomic E-state index is 0.722. The molecular formula is C11H18ClN3. The number of nitrogens with one attached hydrogen (secondary N) is 2. The Balaban J connectivity index is 2.63. The van der Waals surface area contributed by atoms with Crippen LogP contribution < -0.4 is 10.6 Å². The number of rotatable bonds is 6. The quantitative estimate of drug-likeness (QED) is 0.734. The number of anilines is 1. The standard InChI is InChI=1S/C11H18ClN3/c1-3-7-13-8-10-9(12)5-6-11(15-10)14-4-2/h5-6,13H,3-4,7-8H2,1-2H3,(H,14,15). The number of aromatic nitrogens is 1. The van der Waals surface area contributed by atoms with Gasteiger partial charge in [-0.1, -0.05) is 18.5 Å². The van der Waals surface area contributed by atoms with E-state index in [9.17, 15) is 0 Å². The second kappa shape index (κ2) is 6.64. The second-order valence-electron chi connectivity index (χ2n) is 3.33. The van der Waals surface area contributed by atoms with Crippen LogP contribution in [0.4, 0.5) is 5.82 Å². The maximum Gasteiger partial charge on any atom is 0.126 e. The van der Waals surface area contributed by atoms with Crippen LogP contribution in [0.15, 0.2) is 12.1 Å². The Morgan fingerprint density at radius 3 is 2.80 bits per heavy atom. The summed E-state index contributed by atoms with van der Waals surface area (Å²) in [7, 11) is 0. The molecule has 0 bridgehead atoms. The number of halogens is 1. The van der Waals surface area contributed by atoms with Crippen molar-refractivity contribution in [3.8, 4) is 0 Å². The van der Waals surface area contributed by atoms with Crippen molar-refractivity contribution in [2.24, 2.45) is 0 Å². The van der Waals surface area contributed by atoms with E-state index in [0.717, 1.165) is 42.6 Å². The van der Waals surface area contributed by atoms with E-state index in [1.807, 2.05) is 19.1 Å². The van der Waals surface area contributed by atoms with Crippen molar-refractivity contribution < 1.29 is 0 Å². The molecule has 0 saturated carbocycles. The minimum Gasteiger partial charge on any atom is -0.370 e. The fourth-order valence-electron chi connectivity index (χ4n) is 1.27. The van der Waals surface area contributed by atoms with E-state index in [1.165, 1.54) is 0 Å². The average molecular weight is 228 g/mol. The second-order valence-corrected chi connectivity index (χ2v) is 3.74. The van der Waals surface area contributed by atoms with Crippen molar-refractivity contribution in [2.75, 3.05) is 18.4 Å². The van der Waals surface area contributed by atoms with E-state index in [2.05, 4.69) is 22.5 Å². The lowest BCUT2D eigenvalue weighted by Gasteiger charge is -2.08. The fourth-order valence-corrected chi connectivity index (χ4v) is 1.44. The lowest BCUT2D eigenvalue weighted by molar-refractivity contribution is 0.665. The van der Waals surface area contributed by atoms with Crippen LogP contribution in [0.2, 0.25) is 5.02 Å². The zero-order valence-corrected chi connectivity index (χ0v) is 10.1. The summed E-state index contributed by atoms with van der Waals surface area (Å²) in [6.07, 6.45) is 1.12. The van der Waals surface area contributed by atoms with Gasteiger partial charge in [-0.25, -0.2) is 4.98 Å². The highest BCUT2D eigenvalue weighted by molar-refractivity contribution is 6.31. The molecule has 1 heterocycles. The van der Waals surface area contributed by atoms with Gasteiger partial charge in [0.1, 0.15) is 5.82 Å². The van der Waals surface area contributed by atoms with Crippen LogP contribution in [-0.4, -0.2) is 18.1 Å². The molecule has 1 rings (SSSR count). The molecule has 0 aromatic carbocycles. The molecule has 1 aromatic heterocycles. The van der Waals surface area contributed by atoms with Crippen molar-refractivity contribution in [1.82, 2.24) is 10.3 Å². The maximum absolute atomic E-state index is 6.05. The Hall–Kier alpha value is -0.800. The molecule has 0 aliphatic carbocycles. The predicted octanol–water partition coefficient (Wildman–Crippen LogP) is 2.67. The summed E-state index contributed by atoms with van der Waals surface area (Å²) in [5.74, 6) is 0.884. The van der Waals surface area contributed by atoms with Crippen molar-refractivity contribution in [3.63, 3.8) is 0 Å². The topological polar surface area (TPSA) is 37.0 Å². The van der Waals surface area contributed by atoms with Gasteiger partial charge in [0.15, 0.2) is 0 Å². The first-order valence-electron chi connectivity index (χ1n) is 5.38. The first kappa shape index (κ1) is 12.3. The fraction of sp³-hybridized carbons (Fsp3) is 0.545. The van der Waals surface area contributed by atoms with Crippen LogP contribution in [0.25, 0.3) is 0 Å². The summed E-state index contributed by atoms with van der Waals surface area (Å²) in [6, 6.07) is 3.78. The molecule has 0 fully saturated rings. The molecule has 2 N–H and O–H groups in total. The third-order valence-electron chi connectivity index (χ3n) is 2.00. The summed E-state index contributed by atoms with van der Waals surface area (Å²) in [5, 5.41) is 7.18. The average Bonchev–Trinajstić information content (AvgIpc) is 2.23. The molecule has 1 aromatic rings. The van der Waals surface area contributed by atoms with E-state index in [1.54, 1.807) is 0 Å². The molecule has 0 aliphatic rings. The van der Waals surface area contributed by atoms with Gasteiger partial charge in [-0.15, -0.1) is 0 Å². The molecular weight excluding hydrogens is 210 g/mol. The van der Waals surface area contributed by atoms with E-state index in [4.69, 9.17) is 11.6 Å². The van der Waals surface area contributed by atoms with E-state index >= 15 is 0 Å². The smallest absolute Gasteiger partial charge is 0.126 e. The summed E-state index contributed by atoms with van der Waals surface area (Å²) < 4.78 is 0. The highest BCUT2D eigenvalue weighted by atomic mass is 35.5. The van der Waals surface area contributed by atoms with Gasteiger partial charge in [0, 0.05) is 13.1 Å². The minimum absolute atomic E-state index is 0.722. The lowest BCUT2D eigenvalue weighted by Crippen LogP contribution is -2.15. The Morgan fingerprint density at radius 2 is 2.13 bits per heavy atom. The highest BCUT2D eigenvalue weighted by Crippen LogP contribution is 2.16.